The highest BCUT2D eigenvalue weighted by atomic mass is 35.5. The molecule has 5 rings (SSSR count). The second-order valence-electron chi connectivity index (χ2n) is 8.85. The number of piperazine rings is 1. The van der Waals surface area contributed by atoms with E-state index in [1.54, 1.807) is 23.8 Å². The van der Waals surface area contributed by atoms with Crippen LogP contribution in [0.1, 0.15) is 13.3 Å². The molecule has 0 bridgehead atoms. The Morgan fingerprint density at radius 1 is 0.892 bits per heavy atom. The number of halogens is 2. The van der Waals surface area contributed by atoms with Gasteiger partial charge in [0.05, 0.1) is 36.9 Å². The lowest BCUT2D eigenvalue weighted by Crippen LogP contribution is -2.49. The van der Waals surface area contributed by atoms with Crippen molar-refractivity contribution < 1.29 is 14.2 Å². The van der Waals surface area contributed by atoms with E-state index in [4.69, 9.17) is 14.2 Å². The van der Waals surface area contributed by atoms with E-state index in [0.29, 0.717) is 55.2 Å². The molecule has 1 fully saturated rings. The molecule has 1 aromatic heterocycles. The first-order valence-corrected chi connectivity index (χ1v) is 12.3. The van der Waals surface area contributed by atoms with Crippen molar-refractivity contribution in [3.8, 4) is 17.2 Å². The minimum absolute atomic E-state index is 0. The van der Waals surface area contributed by atoms with E-state index < -0.39 is 0 Å². The van der Waals surface area contributed by atoms with Crippen molar-refractivity contribution in [3.05, 3.63) is 57.2 Å². The molecule has 9 nitrogen and oxygen atoms in total. The van der Waals surface area contributed by atoms with E-state index in [1.165, 1.54) is 4.57 Å². The number of rotatable bonds is 6. The van der Waals surface area contributed by atoms with Crippen LogP contribution in [0.2, 0.25) is 0 Å². The Morgan fingerprint density at radius 3 is 2.24 bits per heavy atom. The Labute approximate surface area is 228 Å². The highest BCUT2D eigenvalue weighted by Crippen LogP contribution is 2.33. The summed E-state index contributed by atoms with van der Waals surface area (Å²) < 4.78 is 20.1. The second kappa shape index (κ2) is 12.6. The summed E-state index contributed by atoms with van der Waals surface area (Å²) in [6.07, 6.45) is 0.778. The molecule has 0 atom stereocenters. The van der Waals surface area contributed by atoms with Gasteiger partial charge in [0.2, 0.25) is 0 Å². The predicted octanol–water partition coefficient (Wildman–Crippen LogP) is 3.02. The third-order valence-corrected chi connectivity index (χ3v) is 6.85. The Balaban J connectivity index is 0.00000190. The monoisotopic (exact) mass is 552 g/mol. The summed E-state index contributed by atoms with van der Waals surface area (Å²) in [7, 11) is 1.69. The molecule has 3 aromatic rings. The van der Waals surface area contributed by atoms with Crippen LogP contribution >= 0.6 is 24.8 Å². The molecule has 37 heavy (non-hydrogen) atoms. The van der Waals surface area contributed by atoms with Crippen molar-refractivity contribution in [3.63, 3.8) is 0 Å². The number of aryl methyl sites for hydroxylation is 1. The van der Waals surface area contributed by atoms with Gasteiger partial charge in [0.1, 0.15) is 5.75 Å². The molecule has 0 aliphatic carbocycles. The molecule has 0 N–H and O–H groups in total. The highest BCUT2D eigenvalue weighted by Gasteiger charge is 2.21. The van der Waals surface area contributed by atoms with E-state index in [0.717, 1.165) is 44.0 Å². The Bertz CT molecular complexity index is 1340. The number of para-hydroxylation sites is 2. The number of nitrogens with zero attached hydrogens (tertiary/aromatic N) is 4. The summed E-state index contributed by atoms with van der Waals surface area (Å²) in [6, 6.07) is 11.5. The molecule has 2 aliphatic heterocycles. The maximum atomic E-state index is 13.4. The summed E-state index contributed by atoms with van der Waals surface area (Å²) in [5, 5.41) is 0.483. The maximum Gasteiger partial charge on any atom is 0.331 e. The molecule has 0 saturated carbocycles. The van der Waals surface area contributed by atoms with Crippen molar-refractivity contribution >= 4 is 41.4 Å². The lowest BCUT2D eigenvalue weighted by molar-refractivity contribution is 0.244. The Morgan fingerprint density at radius 2 is 1.57 bits per heavy atom. The summed E-state index contributed by atoms with van der Waals surface area (Å²) in [5.74, 6) is 2.02. The standard InChI is InChI=1S/C26H32N4O5.2ClH/c1-3-29-21-18-24-23(34-15-6-16-35-24)17-19(21)25(31)30(26(29)32)14-11-27-9-12-28(13-10-27)20-7-4-5-8-22(20)33-2;;/h4-5,7-8,17-18H,3,6,9-16H2,1-2H3;2*1H. The largest absolute Gasteiger partial charge is 0.495 e. The van der Waals surface area contributed by atoms with Crippen LogP contribution in [-0.4, -0.2) is 67.1 Å². The molecule has 1 saturated heterocycles. The van der Waals surface area contributed by atoms with Crippen molar-refractivity contribution in [2.75, 3.05) is 57.9 Å². The smallest absolute Gasteiger partial charge is 0.331 e. The number of hydrogen-bond donors (Lipinski definition) is 0. The first-order chi connectivity index (χ1) is 17.1. The van der Waals surface area contributed by atoms with Crippen molar-refractivity contribution in [2.24, 2.45) is 0 Å². The van der Waals surface area contributed by atoms with Gasteiger partial charge in [0.25, 0.3) is 5.56 Å². The minimum atomic E-state index is -0.285. The van der Waals surface area contributed by atoms with Gasteiger partial charge in [-0.1, -0.05) is 12.1 Å². The number of fused-ring (bicyclic) bond motifs is 2. The maximum absolute atomic E-state index is 13.4. The van der Waals surface area contributed by atoms with Crippen LogP contribution in [0.4, 0.5) is 5.69 Å². The molecular formula is C26H34Cl2N4O5. The van der Waals surface area contributed by atoms with Crippen LogP contribution in [-0.2, 0) is 13.1 Å². The van der Waals surface area contributed by atoms with E-state index in [-0.39, 0.29) is 36.1 Å². The van der Waals surface area contributed by atoms with Crippen LogP contribution in [0, 0.1) is 0 Å². The molecular weight excluding hydrogens is 519 g/mol. The summed E-state index contributed by atoms with van der Waals surface area (Å²) >= 11 is 0. The lowest BCUT2D eigenvalue weighted by Gasteiger charge is -2.36. The lowest BCUT2D eigenvalue weighted by atomic mass is 10.2. The topological polar surface area (TPSA) is 78.2 Å². The van der Waals surface area contributed by atoms with E-state index in [2.05, 4.69) is 15.9 Å². The quantitative estimate of drug-likeness (QED) is 0.465. The molecule has 0 unspecified atom stereocenters. The molecule has 11 heteroatoms. The van der Waals surface area contributed by atoms with E-state index in [9.17, 15) is 9.59 Å². The average Bonchev–Trinajstić information content (AvgIpc) is 3.13. The summed E-state index contributed by atoms with van der Waals surface area (Å²) in [5.41, 5.74) is 1.12. The molecule has 0 radical (unpaired) electrons. The predicted molar refractivity (Wildman–Crippen MR) is 150 cm³/mol. The number of benzene rings is 2. The van der Waals surface area contributed by atoms with Gasteiger partial charge < -0.3 is 19.1 Å². The van der Waals surface area contributed by atoms with Crippen LogP contribution in [0.3, 0.4) is 0 Å². The van der Waals surface area contributed by atoms with Crippen molar-refractivity contribution in [2.45, 2.75) is 26.4 Å². The molecule has 3 heterocycles. The van der Waals surface area contributed by atoms with Gasteiger partial charge in [0.15, 0.2) is 11.5 Å². The molecule has 0 amide bonds. The first kappa shape index (κ1) is 28.7. The number of ether oxygens (including phenoxy) is 3. The zero-order chi connectivity index (χ0) is 24.4. The Hall–Kier alpha value is -2.88. The number of anilines is 1. The zero-order valence-electron chi connectivity index (χ0n) is 21.2. The van der Waals surface area contributed by atoms with Crippen molar-refractivity contribution in [1.29, 1.82) is 0 Å². The van der Waals surface area contributed by atoms with Gasteiger partial charge in [-0.15, -0.1) is 24.8 Å². The van der Waals surface area contributed by atoms with E-state index >= 15 is 0 Å². The molecule has 2 aromatic carbocycles. The number of methoxy groups -OCH3 is 1. The number of aromatic nitrogens is 2. The van der Waals surface area contributed by atoms with Crippen LogP contribution in [0.15, 0.2) is 46.0 Å². The van der Waals surface area contributed by atoms with Crippen LogP contribution in [0.25, 0.3) is 10.9 Å². The molecule has 2 aliphatic rings. The summed E-state index contributed by atoms with van der Waals surface area (Å²) in [6.45, 7) is 7.86. The third kappa shape index (κ3) is 5.68. The van der Waals surface area contributed by atoms with Gasteiger partial charge in [-0.2, -0.15) is 0 Å². The van der Waals surface area contributed by atoms with Crippen molar-refractivity contribution in [1.82, 2.24) is 14.0 Å². The van der Waals surface area contributed by atoms with Gasteiger partial charge >= 0.3 is 5.69 Å². The van der Waals surface area contributed by atoms with Gasteiger partial charge in [-0.05, 0) is 25.1 Å². The molecule has 0 spiro atoms. The summed E-state index contributed by atoms with van der Waals surface area (Å²) in [4.78, 5) is 31.3. The second-order valence-corrected chi connectivity index (χ2v) is 8.85. The number of hydrogen-bond acceptors (Lipinski definition) is 7. The highest BCUT2D eigenvalue weighted by molar-refractivity contribution is 5.85. The van der Waals surface area contributed by atoms with Gasteiger partial charge in [-0.25, -0.2) is 4.79 Å². The Kier molecular flexibility index (Phi) is 9.75. The van der Waals surface area contributed by atoms with Crippen LogP contribution < -0.4 is 30.4 Å². The molecule has 202 valence electrons. The van der Waals surface area contributed by atoms with Gasteiger partial charge in [-0.3, -0.25) is 18.8 Å². The fourth-order valence-corrected chi connectivity index (χ4v) is 4.92. The fourth-order valence-electron chi connectivity index (χ4n) is 4.92. The normalized spacial score (nSPS) is 15.5. The zero-order valence-corrected chi connectivity index (χ0v) is 22.8. The van der Waals surface area contributed by atoms with Gasteiger partial charge in [0, 0.05) is 58.3 Å². The average molecular weight is 553 g/mol. The van der Waals surface area contributed by atoms with Crippen LogP contribution in [0.5, 0.6) is 17.2 Å². The first-order valence-electron chi connectivity index (χ1n) is 12.3. The SMILES string of the molecule is CCn1c(=O)n(CCN2CCN(c3ccccc3OC)CC2)c(=O)c2cc3c(cc21)OCCCO3.Cl.Cl. The fraction of sp³-hybridized carbons (Fsp3) is 0.462. The third-order valence-electron chi connectivity index (χ3n) is 6.85. The minimum Gasteiger partial charge on any atom is -0.495 e. The van der Waals surface area contributed by atoms with E-state index in [1.807, 2.05) is 25.1 Å².